The number of hydrogen-bond acceptors (Lipinski definition) is 1. The van der Waals surface area contributed by atoms with Gasteiger partial charge >= 0.3 is 0 Å². The van der Waals surface area contributed by atoms with Crippen LogP contribution < -0.4 is 0 Å². The Morgan fingerprint density at radius 2 is 1.72 bits per heavy atom. The molecule has 0 bridgehead atoms. The van der Waals surface area contributed by atoms with Crippen molar-refractivity contribution < 1.29 is 4.79 Å². The highest BCUT2D eigenvalue weighted by molar-refractivity contribution is 9.10. The normalized spacial score (nSPS) is 13.6. The Morgan fingerprint density at radius 1 is 0.920 bits per heavy atom. The maximum Gasteiger partial charge on any atom is 0.255 e. The third-order valence-corrected chi connectivity index (χ3v) is 5.15. The van der Waals surface area contributed by atoms with Gasteiger partial charge in [-0.25, -0.2) is 0 Å². The number of nitrogens with zero attached hydrogens (tertiary/aromatic N) is 1. The molecule has 3 heteroatoms. The van der Waals surface area contributed by atoms with Gasteiger partial charge in [0.05, 0.1) is 5.56 Å². The smallest absolute Gasteiger partial charge is 0.255 e. The summed E-state index contributed by atoms with van der Waals surface area (Å²) in [4.78, 5) is 15.2. The minimum absolute atomic E-state index is 0.126. The Morgan fingerprint density at radius 3 is 2.52 bits per heavy atom. The Kier molecular flexibility index (Phi) is 4.41. The molecule has 0 N–H and O–H groups in total. The molecule has 3 aromatic rings. The summed E-state index contributed by atoms with van der Waals surface area (Å²) in [5.41, 5.74) is 5.25. The van der Waals surface area contributed by atoms with Gasteiger partial charge in [0.15, 0.2) is 0 Å². The van der Waals surface area contributed by atoms with E-state index in [0.717, 1.165) is 39.7 Å². The quantitative estimate of drug-likeness (QED) is 0.591. The van der Waals surface area contributed by atoms with Crippen LogP contribution in [0.25, 0.3) is 11.1 Å². The molecule has 0 aromatic heterocycles. The molecule has 124 valence electrons. The number of hydrogen-bond donors (Lipinski definition) is 0. The van der Waals surface area contributed by atoms with Gasteiger partial charge in [0.1, 0.15) is 0 Å². The molecule has 1 aliphatic rings. The standard InChI is InChI=1S/C22H18BrNO/c23-19-10-4-9-18(14-19)20-11-5-8-17-12-13-24(22(25)21(17)20)15-16-6-2-1-3-7-16/h1-11,14H,12-13,15H2. The van der Waals surface area contributed by atoms with Gasteiger partial charge in [0.25, 0.3) is 5.91 Å². The van der Waals surface area contributed by atoms with E-state index in [1.54, 1.807) is 0 Å². The van der Waals surface area contributed by atoms with Crippen molar-refractivity contribution in [1.29, 1.82) is 0 Å². The molecular formula is C22H18BrNO. The van der Waals surface area contributed by atoms with Crippen molar-refractivity contribution in [1.82, 2.24) is 4.90 Å². The fraction of sp³-hybridized carbons (Fsp3) is 0.136. The summed E-state index contributed by atoms with van der Waals surface area (Å²) in [7, 11) is 0. The van der Waals surface area contributed by atoms with E-state index in [4.69, 9.17) is 0 Å². The van der Waals surface area contributed by atoms with Crippen LogP contribution in [0.2, 0.25) is 0 Å². The van der Waals surface area contributed by atoms with Crippen LogP contribution in [-0.4, -0.2) is 17.4 Å². The number of amides is 1. The van der Waals surface area contributed by atoms with Gasteiger partial charge < -0.3 is 4.90 Å². The third kappa shape index (κ3) is 3.24. The number of fused-ring (bicyclic) bond motifs is 1. The lowest BCUT2D eigenvalue weighted by molar-refractivity contribution is 0.0728. The molecule has 25 heavy (non-hydrogen) atoms. The average Bonchev–Trinajstić information content (AvgIpc) is 2.64. The number of carbonyl (C=O) groups excluding carboxylic acids is 1. The molecule has 1 heterocycles. The van der Waals surface area contributed by atoms with E-state index in [1.807, 2.05) is 41.3 Å². The van der Waals surface area contributed by atoms with E-state index in [2.05, 4.69) is 52.3 Å². The molecule has 3 aromatic carbocycles. The number of carbonyl (C=O) groups is 1. The lowest BCUT2D eigenvalue weighted by Gasteiger charge is -2.30. The van der Waals surface area contributed by atoms with Crippen molar-refractivity contribution in [2.75, 3.05) is 6.54 Å². The summed E-state index contributed by atoms with van der Waals surface area (Å²) in [5, 5.41) is 0. The van der Waals surface area contributed by atoms with Crippen molar-refractivity contribution in [3.63, 3.8) is 0 Å². The zero-order valence-corrected chi connectivity index (χ0v) is 15.4. The minimum atomic E-state index is 0.126. The number of halogens is 1. The molecule has 0 aliphatic carbocycles. The number of rotatable bonds is 3. The van der Waals surface area contributed by atoms with Gasteiger partial charge in [-0.05, 0) is 40.8 Å². The number of benzene rings is 3. The first kappa shape index (κ1) is 16.1. The topological polar surface area (TPSA) is 20.3 Å². The second-order valence-corrected chi connectivity index (χ2v) is 7.23. The molecule has 0 saturated heterocycles. The van der Waals surface area contributed by atoms with Gasteiger partial charge in [-0.15, -0.1) is 0 Å². The molecule has 0 atom stereocenters. The molecule has 4 rings (SSSR count). The SMILES string of the molecule is O=C1c2c(cccc2-c2cccc(Br)c2)CCN1Cc1ccccc1. The average molecular weight is 392 g/mol. The lowest BCUT2D eigenvalue weighted by Crippen LogP contribution is -2.37. The minimum Gasteiger partial charge on any atom is -0.334 e. The predicted octanol–water partition coefficient (Wildman–Crippen LogP) is 5.31. The van der Waals surface area contributed by atoms with E-state index >= 15 is 0 Å². The van der Waals surface area contributed by atoms with Crippen LogP contribution >= 0.6 is 15.9 Å². The molecule has 0 spiro atoms. The van der Waals surface area contributed by atoms with Crippen LogP contribution in [0.5, 0.6) is 0 Å². The van der Waals surface area contributed by atoms with E-state index < -0.39 is 0 Å². The van der Waals surface area contributed by atoms with Crippen molar-refractivity contribution in [2.24, 2.45) is 0 Å². The summed E-state index contributed by atoms with van der Waals surface area (Å²) in [6.07, 6.45) is 0.899. The van der Waals surface area contributed by atoms with Crippen molar-refractivity contribution >= 4 is 21.8 Å². The summed E-state index contributed by atoms with van der Waals surface area (Å²) in [6.45, 7) is 1.43. The van der Waals surface area contributed by atoms with Crippen LogP contribution in [0.15, 0.2) is 77.3 Å². The highest BCUT2D eigenvalue weighted by atomic mass is 79.9. The van der Waals surface area contributed by atoms with E-state index in [-0.39, 0.29) is 5.91 Å². The Bertz CT molecular complexity index is 920. The molecule has 2 nitrogen and oxygen atoms in total. The molecule has 0 saturated carbocycles. The second kappa shape index (κ2) is 6.85. The fourth-order valence-corrected chi connectivity index (χ4v) is 3.83. The summed E-state index contributed by atoms with van der Waals surface area (Å²) in [6, 6.07) is 24.5. The van der Waals surface area contributed by atoms with Crippen LogP contribution in [0.1, 0.15) is 21.5 Å². The fourth-order valence-electron chi connectivity index (χ4n) is 3.43. The summed E-state index contributed by atoms with van der Waals surface area (Å²) in [5.74, 6) is 0.126. The van der Waals surface area contributed by atoms with E-state index in [9.17, 15) is 4.79 Å². The Labute approximate surface area is 156 Å². The van der Waals surface area contributed by atoms with Crippen molar-refractivity contribution in [2.45, 2.75) is 13.0 Å². The molecule has 1 aliphatic heterocycles. The zero-order valence-electron chi connectivity index (χ0n) is 13.8. The maximum atomic E-state index is 13.2. The Hall–Kier alpha value is -2.39. The van der Waals surface area contributed by atoms with Crippen LogP contribution in [0.3, 0.4) is 0 Å². The predicted molar refractivity (Wildman–Crippen MR) is 104 cm³/mol. The molecule has 0 unspecified atom stereocenters. The monoisotopic (exact) mass is 391 g/mol. The Balaban J connectivity index is 1.72. The van der Waals surface area contributed by atoms with Crippen molar-refractivity contribution in [3.8, 4) is 11.1 Å². The lowest BCUT2D eigenvalue weighted by atomic mass is 9.90. The van der Waals surface area contributed by atoms with Crippen LogP contribution in [0, 0.1) is 0 Å². The highest BCUT2D eigenvalue weighted by Crippen LogP contribution is 2.32. The summed E-state index contributed by atoms with van der Waals surface area (Å²) < 4.78 is 1.02. The first-order valence-corrected chi connectivity index (χ1v) is 9.23. The molecule has 0 radical (unpaired) electrons. The first-order valence-electron chi connectivity index (χ1n) is 8.43. The van der Waals surface area contributed by atoms with Crippen LogP contribution in [-0.2, 0) is 13.0 Å². The maximum absolute atomic E-state index is 13.2. The highest BCUT2D eigenvalue weighted by Gasteiger charge is 2.27. The van der Waals surface area contributed by atoms with Gasteiger partial charge in [-0.1, -0.05) is 76.6 Å². The summed E-state index contributed by atoms with van der Waals surface area (Å²) >= 11 is 3.53. The molecular weight excluding hydrogens is 374 g/mol. The van der Waals surface area contributed by atoms with E-state index in [0.29, 0.717) is 6.54 Å². The third-order valence-electron chi connectivity index (χ3n) is 4.65. The molecule has 1 amide bonds. The van der Waals surface area contributed by atoms with Crippen LogP contribution in [0.4, 0.5) is 0 Å². The zero-order chi connectivity index (χ0) is 17.2. The van der Waals surface area contributed by atoms with Gasteiger partial charge in [0, 0.05) is 17.6 Å². The van der Waals surface area contributed by atoms with Gasteiger partial charge in [-0.3, -0.25) is 4.79 Å². The van der Waals surface area contributed by atoms with Crippen molar-refractivity contribution in [3.05, 3.63) is 94.0 Å². The second-order valence-electron chi connectivity index (χ2n) is 6.31. The van der Waals surface area contributed by atoms with Gasteiger partial charge in [-0.2, -0.15) is 0 Å². The first-order chi connectivity index (χ1) is 12.2. The molecule has 0 fully saturated rings. The van der Waals surface area contributed by atoms with Gasteiger partial charge in [0.2, 0.25) is 0 Å². The van der Waals surface area contributed by atoms with E-state index in [1.165, 1.54) is 5.56 Å². The largest absolute Gasteiger partial charge is 0.334 e.